The Morgan fingerprint density at radius 3 is 2.32 bits per heavy atom. The lowest BCUT2D eigenvalue weighted by atomic mass is 9.84. The van der Waals surface area contributed by atoms with Gasteiger partial charge in [-0.05, 0) is 49.7 Å². The summed E-state index contributed by atoms with van der Waals surface area (Å²) < 4.78 is 11.1. The number of carbonyl (C=O) groups excluding carboxylic acids is 1. The Hall–Kier alpha value is -3.28. The summed E-state index contributed by atoms with van der Waals surface area (Å²) in [5.41, 5.74) is 2.23. The summed E-state index contributed by atoms with van der Waals surface area (Å²) in [4.78, 5) is 12.3. The number of para-hydroxylation sites is 1. The minimum Gasteiger partial charge on any atom is -0.457 e. The van der Waals surface area contributed by atoms with Gasteiger partial charge in [0.25, 0.3) is 0 Å². The van der Waals surface area contributed by atoms with E-state index in [-0.39, 0.29) is 5.41 Å². The van der Waals surface area contributed by atoms with Gasteiger partial charge in [-0.2, -0.15) is 0 Å². The molecule has 1 heterocycles. The van der Waals surface area contributed by atoms with Crippen molar-refractivity contribution in [3.8, 4) is 11.5 Å². The standard InChI is InChI=1S/C22H25N3O3/c1-5-22(3,4)19-15(2)20(28-25-19)24-21(26)23-16-11-13-18(14-12-16)27-17-9-7-6-8-10-17/h6-14H,5H2,1-4H3,(H2,23,24,26). The summed E-state index contributed by atoms with van der Waals surface area (Å²) in [6.45, 7) is 8.19. The molecule has 2 aromatic carbocycles. The van der Waals surface area contributed by atoms with Gasteiger partial charge < -0.3 is 14.6 Å². The molecule has 1 aromatic heterocycles. The first-order valence-electron chi connectivity index (χ1n) is 9.27. The quantitative estimate of drug-likeness (QED) is 0.542. The minimum absolute atomic E-state index is 0.113. The molecule has 0 saturated heterocycles. The third-order valence-corrected chi connectivity index (χ3v) is 4.77. The lowest BCUT2D eigenvalue weighted by Gasteiger charge is -2.19. The van der Waals surface area contributed by atoms with Crippen LogP contribution in [0.15, 0.2) is 59.1 Å². The Labute approximate surface area is 164 Å². The maximum Gasteiger partial charge on any atom is 0.326 e. The normalized spacial score (nSPS) is 11.1. The highest BCUT2D eigenvalue weighted by Crippen LogP contribution is 2.32. The number of ether oxygens (including phenoxy) is 1. The van der Waals surface area contributed by atoms with Crippen molar-refractivity contribution in [1.29, 1.82) is 0 Å². The molecule has 0 bridgehead atoms. The molecule has 0 saturated carbocycles. The smallest absolute Gasteiger partial charge is 0.326 e. The van der Waals surface area contributed by atoms with Crippen molar-refractivity contribution < 1.29 is 14.1 Å². The highest BCUT2D eigenvalue weighted by Gasteiger charge is 2.27. The van der Waals surface area contributed by atoms with Gasteiger partial charge in [0.15, 0.2) is 0 Å². The van der Waals surface area contributed by atoms with Gasteiger partial charge >= 0.3 is 6.03 Å². The predicted molar refractivity (Wildman–Crippen MR) is 110 cm³/mol. The molecular formula is C22H25N3O3. The number of urea groups is 1. The van der Waals surface area contributed by atoms with Gasteiger partial charge in [0.1, 0.15) is 11.5 Å². The lowest BCUT2D eigenvalue weighted by Crippen LogP contribution is -2.20. The number of anilines is 2. The molecule has 0 atom stereocenters. The molecule has 3 rings (SSSR count). The molecule has 2 N–H and O–H groups in total. The van der Waals surface area contributed by atoms with Crippen LogP contribution in [0.5, 0.6) is 11.5 Å². The molecule has 6 nitrogen and oxygen atoms in total. The van der Waals surface area contributed by atoms with Crippen LogP contribution in [-0.2, 0) is 5.41 Å². The second kappa shape index (κ2) is 8.17. The molecule has 6 heteroatoms. The van der Waals surface area contributed by atoms with Crippen molar-refractivity contribution in [2.24, 2.45) is 0 Å². The van der Waals surface area contributed by atoms with E-state index in [2.05, 4.69) is 36.6 Å². The number of nitrogens with zero attached hydrogens (tertiary/aromatic N) is 1. The molecule has 0 aliphatic carbocycles. The highest BCUT2D eigenvalue weighted by atomic mass is 16.5. The molecule has 0 radical (unpaired) electrons. The van der Waals surface area contributed by atoms with Crippen molar-refractivity contribution >= 4 is 17.6 Å². The molecule has 0 spiro atoms. The average molecular weight is 379 g/mol. The van der Waals surface area contributed by atoms with Crippen LogP contribution in [-0.4, -0.2) is 11.2 Å². The van der Waals surface area contributed by atoms with Gasteiger partial charge in [-0.1, -0.05) is 44.1 Å². The van der Waals surface area contributed by atoms with E-state index < -0.39 is 6.03 Å². The van der Waals surface area contributed by atoms with E-state index in [1.54, 1.807) is 24.3 Å². The summed E-state index contributed by atoms with van der Waals surface area (Å²) in [5.74, 6) is 1.81. The zero-order valence-corrected chi connectivity index (χ0v) is 16.6. The van der Waals surface area contributed by atoms with Crippen LogP contribution in [0.25, 0.3) is 0 Å². The summed E-state index contributed by atoms with van der Waals surface area (Å²) in [6.07, 6.45) is 0.920. The Balaban J connectivity index is 1.61. The van der Waals surface area contributed by atoms with Crippen LogP contribution in [0.1, 0.15) is 38.4 Å². The van der Waals surface area contributed by atoms with E-state index in [9.17, 15) is 4.79 Å². The zero-order chi connectivity index (χ0) is 20.1. The highest BCUT2D eigenvalue weighted by molar-refractivity contribution is 5.99. The first-order valence-corrected chi connectivity index (χ1v) is 9.27. The number of benzene rings is 2. The number of aromatic nitrogens is 1. The summed E-state index contributed by atoms with van der Waals surface area (Å²) >= 11 is 0. The first kappa shape index (κ1) is 19.5. The molecule has 0 aliphatic rings. The fraction of sp³-hybridized carbons (Fsp3) is 0.273. The number of nitrogens with one attached hydrogen (secondary N) is 2. The van der Waals surface area contributed by atoms with E-state index in [1.807, 2.05) is 37.3 Å². The molecular weight excluding hydrogens is 354 g/mol. The molecule has 28 heavy (non-hydrogen) atoms. The van der Waals surface area contributed by atoms with Crippen LogP contribution in [0.3, 0.4) is 0 Å². The van der Waals surface area contributed by atoms with Crippen LogP contribution in [0, 0.1) is 6.92 Å². The average Bonchev–Trinajstić information content (AvgIpc) is 3.05. The van der Waals surface area contributed by atoms with E-state index in [0.29, 0.717) is 17.3 Å². The van der Waals surface area contributed by atoms with E-state index in [4.69, 9.17) is 9.26 Å². The minimum atomic E-state index is -0.392. The molecule has 146 valence electrons. The number of carbonyl (C=O) groups is 1. The van der Waals surface area contributed by atoms with Crippen LogP contribution < -0.4 is 15.4 Å². The number of hydrogen-bond donors (Lipinski definition) is 2. The largest absolute Gasteiger partial charge is 0.457 e. The lowest BCUT2D eigenvalue weighted by molar-refractivity contribution is 0.261. The fourth-order valence-electron chi connectivity index (χ4n) is 2.75. The summed E-state index contributed by atoms with van der Waals surface area (Å²) in [5, 5.41) is 9.63. The Morgan fingerprint density at radius 2 is 1.68 bits per heavy atom. The third kappa shape index (κ3) is 4.52. The number of rotatable bonds is 6. The third-order valence-electron chi connectivity index (χ3n) is 4.77. The van der Waals surface area contributed by atoms with Gasteiger partial charge in [0.05, 0.1) is 5.69 Å². The van der Waals surface area contributed by atoms with Crippen molar-refractivity contribution in [3.05, 3.63) is 65.9 Å². The van der Waals surface area contributed by atoms with Gasteiger partial charge in [-0.25, -0.2) is 4.79 Å². The molecule has 2 amide bonds. The van der Waals surface area contributed by atoms with Crippen LogP contribution in [0.2, 0.25) is 0 Å². The molecule has 0 fully saturated rings. The Morgan fingerprint density at radius 1 is 1.04 bits per heavy atom. The van der Waals surface area contributed by atoms with Gasteiger partial charge in [-0.15, -0.1) is 0 Å². The topological polar surface area (TPSA) is 76.4 Å². The van der Waals surface area contributed by atoms with Gasteiger partial charge in [-0.3, -0.25) is 5.32 Å². The summed E-state index contributed by atoms with van der Waals surface area (Å²) in [7, 11) is 0. The SMILES string of the molecule is CCC(C)(C)c1noc(NC(=O)Nc2ccc(Oc3ccccc3)cc2)c1C. The van der Waals surface area contributed by atoms with Gasteiger partial charge in [0.2, 0.25) is 5.88 Å². The Kier molecular flexibility index (Phi) is 5.68. The van der Waals surface area contributed by atoms with Crippen molar-refractivity contribution in [3.63, 3.8) is 0 Å². The number of amides is 2. The van der Waals surface area contributed by atoms with Crippen molar-refractivity contribution in [2.75, 3.05) is 10.6 Å². The van der Waals surface area contributed by atoms with Crippen molar-refractivity contribution in [1.82, 2.24) is 5.16 Å². The molecule has 0 unspecified atom stereocenters. The van der Waals surface area contributed by atoms with Crippen LogP contribution >= 0.6 is 0 Å². The Bertz CT molecular complexity index is 931. The van der Waals surface area contributed by atoms with Crippen molar-refractivity contribution in [2.45, 2.75) is 39.5 Å². The van der Waals surface area contributed by atoms with E-state index >= 15 is 0 Å². The van der Waals surface area contributed by atoms with E-state index in [0.717, 1.165) is 23.4 Å². The van der Waals surface area contributed by atoms with E-state index in [1.165, 1.54) is 0 Å². The predicted octanol–water partition coefficient (Wildman–Crippen LogP) is 6.11. The number of hydrogen-bond acceptors (Lipinski definition) is 4. The fourth-order valence-corrected chi connectivity index (χ4v) is 2.75. The maximum atomic E-state index is 12.3. The molecule has 0 aliphatic heterocycles. The maximum absolute atomic E-state index is 12.3. The molecule has 3 aromatic rings. The van der Waals surface area contributed by atoms with Crippen LogP contribution in [0.4, 0.5) is 16.4 Å². The van der Waals surface area contributed by atoms with Gasteiger partial charge in [0, 0.05) is 16.7 Å². The summed E-state index contributed by atoms with van der Waals surface area (Å²) in [6, 6.07) is 16.3. The second-order valence-electron chi connectivity index (χ2n) is 7.24. The first-order chi connectivity index (χ1) is 13.4. The monoisotopic (exact) mass is 379 g/mol. The second-order valence-corrected chi connectivity index (χ2v) is 7.24. The zero-order valence-electron chi connectivity index (χ0n) is 16.6.